The van der Waals surface area contributed by atoms with E-state index in [-0.39, 0.29) is 17.4 Å². The Morgan fingerprint density at radius 2 is 2.00 bits per heavy atom. The van der Waals surface area contributed by atoms with E-state index >= 15 is 0 Å². The summed E-state index contributed by atoms with van der Waals surface area (Å²) in [6, 6.07) is 0. The SMILES string of the molecule is CC(OCCC(C)(C)C)C(=N)N. The summed E-state index contributed by atoms with van der Waals surface area (Å²) in [5.41, 5.74) is 5.53. The maximum atomic E-state index is 7.09. The smallest absolute Gasteiger partial charge is 0.120 e. The molecule has 3 nitrogen and oxygen atoms in total. The molecular weight excluding hydrogens is 152 g/mol. The van der Waals surface area contributed by atoms with Crippen molar-refractivity contribution in [2.45, 2.75) is 40.2 Å². The minimum atomic E-state index is -0.243. The van der Waals surface area contributed by atoms with Gasteiger partial charge in [-0.15, -0.1) is 0 Å². The summed E-state index contributed by atoms with van der Waals surface area (Å²) in [5.74, 6) is 0.101. The Bertz CT molecular complexity index is 149. The lowest BCUT2D eigenvalue weighted by Gasteiger charge is -2.19. The highest BCUT2D eigenvalue weighted by Gasteiger charge is 2.11. The Morgan fingerprint density at radius 1 is 1.50 bits per heavy atom. The van der Waals surface area contributed by atoms with Gasteiger partial charge >= 0.3 is 0 Å². The molecule has 0 saturated heterocycles. The second kappa shape index (κ2) is 4.45. The molecule has 0 aliphatic rings. The van der Waals surface area contributed by atoms with Crippen molar-refractivity contribution in [2.24, 2.45) is 11.1 Å². The van der Waals surface area contributed by atoms with Crippen LogP contribution in [0.1, 0.15) is 34.1 Å². The highest BCUT2D eigenvalue weighted by Crippen LogP contribution is 2.18. The lowest BCUT2D eigenvalue weighted by Crippen LogP contribution is -2.28. The molecule has 12 heavy (non-hydrogen) atoms. The molecule has 0 amide bonds. The van der Waals surface area contributed by atoms with Crippen LogP contribution in [0.5, 0.6) is 0 Å². The van der Waals surface area contributed by atoms with Gasteiger partial charge in [0.1, 0.15) is 11.9 Å². The van der Waals surface area contributed by atoms with Crippen LogP contribution in [0.15, 0.2) is 0 Å². The van der Waals surface area contributed by atoms with Crippen molar-refractivity contribution in [3.05, 3.63) is 0 Å². The summed E-state index contributed by atoms with van der Waals surface area (Å²) in [5, 5.41) is 7.09. The van der Waals surface area contributed by atoms with E-state index in [9.17, 15) is 0 Å². The van der Waals surface area contributed by atoms with Gasteiger partial charge in [-0.05, 0) is 18.8 Å². The Balaban J connectivity index is 3.51. The van der Waals surface area contributed by atoms with Crippen molar-refractivity contribution in [2.75, 3.05) is 6.61 Å². The van der Waals surface area contributed by atoms with Gasteiger partial charge in [0.05, 0.1) is 0 Å². The van der Waals surface area contributed by atoms with E-state index in [1.807, 2.05) is 0 Å². The van der Waals surface area contributed by atoms with Crippen LogP contribution in [0.25, 0.3) is 0 Å². The van der Waals surface area contributed by atoms with Crippen LogP contribution in [-0.2, 0) is 4.74 Å². The third-order valence-electron chi connectivity index (χ3n) is 1.66. The van der Waals surface area contributed by atoms with Gasteiger partial charge in [0, 0.05) is 6.61 Å². The summed E-state index contributed by atoms with van der Waals surface area (Å²) in [6.45, 7) is 8.95. The largest absolute Gasteiger partial charge is 0.385 e. The molecule has 0 fully saturated rings. The average Bonchev–Trinajstić information content (AvgIpc) is 1.84. The van der Waals surface area contributed by atoms with Gasteiger partial charge in [-0.2, -0.15) is 0 Å². The van der Waals surface area contributed by atoms with Crippen LogP contribution in [0, 0.1) is 10.8 Å². The van der Waals surface area contributed by atoms with Crippen LogP contribution in [-0.4, -0.2) is 18.5 Å². The molecule has 0 spiro atoms. The zero-order valence-electron chi connectivity index (χ0n) is 8.48. The third kappa shape index (κ3) is 6.16. The van der Waals surface area contributed by atoms with E-state index in [1.54, 1.807) is 6.92 Å². The highest BCUT2D eigenvalue weighted by molar-refractivity contribution is 5.81. The number of ether oxygens (including phenoxy) is 1. The van der Waals surface area contributed by atoms with Crippen LogP contribution >= 0.6 is 0 Å². The second-order valence-electron chi connectivity index (χ2n) is 4.28. The number of nitrogens with one attached hydrogen (secondary N) is 1. The predicted octanol–water partition coefficient (Wildman–Crippen LogP) is 1.76. The van der Waals surface area contributed by atoms with Gasteiger partial charge in [0.2, 0.25) is 0 Å². The fourth-order valence-corrected chi connectivity index (χ4v) is 0.632. The Labute approximate surface area is 74.8 Å². The van der Waals surface area contributed by atoms with Gasteiger partial charge < -0.3 is 10.5 Å². The number of amidine groups is 1. The second-order valence-corrected chi connectivity index (χ2v) is 4.28. The topological polar surface area (TPSA) is 59.1 Å². The number of hydrogen-bond acceptors (Lipinski definition) is 2. The Morgan fingerprint density at radius 3 is 2.33 bits per heavy atom. The first-order chi connectivity index (χ1) is 5.33. The molecule has 72 valence electrons. The molecular formula is C9H20N2O. The number of nitrogens with two attached hydrogens (primary N) is 1. The molecule has 0 aliphatic carbocycles. The summed E-state index contributed by atoms with van der Waals surface area (Å²) in [4.78, 5) is 0. The van der Waals surface area contributed by atoms with E-state index in [2.05, 4.69) is 20.8 Å². The fraction of sp³-hybridized carbons (Fsp3) is 0.889. The molecule has 0 saturated carbocycles. The zero-order chi connectivity index (χ0) is 9.78. The van der Waals surface area contributed by atoms with E-state index in [0.717, 1.165) is 6.42 Å². The Kier molecular flexibility index (Phi) is 4.24. The van der Waals surface area contributed by atoms with Gasteiger partial charge in [0.15, 0.2) is 0 Å². The molecule has 0 aromatic rings. The molecule has 3 N–H and O–H groups in total. The monoisotopic (exact) mass is 172 g/mol. The number of rotatable bonds is 4. The molecule has 0 aromatic heterocycles. The first-order valence-corrected chi connectivity index (χ1v) is 4.28. The summed E-state index contributed by atoms with van der Waals surface area (Å²) in [6.07, 6.45) is 0.747. The Hall–Kier alpha value is -0.570. The minimum Gasteiger partial charge on any atom is -0.385 e. The fourth-order valence-electron chi connectivity index (χ4n) is 0.632. The van der Waals surface area contributed by atoms with Gasteiger partial charge in [-0.1, -0.05) is 20.8 Å². The average molecular weight is 172 g/mol. The summed E-state index contributed by atoms with van der Waals surface area (Å²) < 4.78 is 5.33. The quantitative estimate of drug-likeness (QED) is 0.501. The van der Waals surface area contributed by atoms with Gasteiger partial charge in [-0.25, -0.2) is 0 Å². The lowest BCUT2D eigenvalue weighted by atomic mass is 9.93. The standard InChI is InChI=1S/C9H20N2O/c1-7(8(10)11)12-6-5-9(2,3)4/h7H,5-6H2,1-4H3,(H3,10,11). The van der Waals surface area contributed by atoms with Crippen molar-refractivity contribution in [1.82, 2.24) is 0 Å². The lowest BCUT2D eigenvalue weighted by molar-refractivity contribution is 0.0859. The molecule has 0 heterocycles. The summed E-state index contributed by atoms with van der Waals surface area (Å²) in [7, 11) is 0. The highest BCUT2D eigenvalue weighted by atomic mass is 16.5. The zero-order valence-corrected chi connectivity index (χ0v) is 8.48. The molecule has 0 rings (SSSR count). The first kappa shape index (κ1) is 11.4. The van der Waals surface area contributed by atoms with Crippen molar-refractivity contribution in [3.8, 4) is 0 Å². The van der Waals surface area contributed by atoms with Crippen LogP contribution < -0.4 is 5.73 Å². The molecule has 0 aliphatic heterocycles. The van der Waals surface area contributed by atoms with E-state index in [0.29, 0.717) is 6.61 Å². The normalized spacial score (nSPS) is 14.3. The van der Waals surface area contributed by atoms with Crippen molar-refractivity contribution >= 4 is 5.84 Å². The maximum absolute atomic E-state index is 7.09. The molecule has 3 heteroatoms. The molecule has 0 radical (unpaired) electrons. The molecule has 0 bridgehead atoms. The van der Waals surface area contributed by atoms with Gasteiger partial charge in [0.25, 0.3) is 0 Å². The van der Waals surface area contributed by atoms with E-state index in [4.69, 9.17) is 15.9 Å². The van der Waals surface area contributed by atoms with Crippen molar-refractivity contribution in [1.29, 1.82) is 5.41 Å². The first-order valence-electron chi connectivity index (χ1n) is 4.28. The van der Waals surface area contributed by atoms with E-state index < -0.39 is 0 Å². The van der Waals surface area contributed by atoms with E-state index in [1.165, 1.54) is 0 Å². The van der Waals surface area contributed by atoms with Crippen molar-refractivity contribution in [3.63, 3.8) is 0 Å². The van der Waals surface area contributed by atoms with Crippen molar-refractivity contribution < 1.29 is 4.74 Å². The predicted molar refractivity (Wildman–Crippen MR) is 51.4 cm³/mol. The molecule has 1 unspecified atom stereocenters. The molecule has 0 aromatic carbocycles. The third-order valence-corrected chi connectivity index (χ3v) is 1.66. The molecule has 1 atom stereocenters. The van der Waals surface area contributed by atoms with Crippen LogP contribution in [0.4, 0.5) is 0 Å². The maximum Gasteiger partial charge on any atom is 0.120 e. The van der Waals surface area contributed by atoms with Gasteiger partial charge in [-0.3, -0.25) is 5.41 Å². The minimum absolute atomic E-state index is 0.101. The van der Waals surface area contributed by atoms with Crippen LogP contribution in [0.2, 0.25) is 0 Å². The number of hydrogen-bond donors (Lipinski definition) is 2. The van der Waals surface area contributed by atoms with Crippen LogP contribution in [0.3, 0.4) is 0 Å². The summed E-state index contributed by atoms with van der Waals surface area (Å²) >= 11 is 0.